The van der Waals surface area contributed by atoms with Gasteiger partial charge < -0.3 is 14.9 Å². The van der Waals surface area contributed by atoms with Gasteiger partial charge in [-0.2, -0.15) is 0 Å². The molecule has 1 saturated carbocycles. The Morgan fingerprint density at radius 2 is 2.06 bits per heavy atom. The second-order valence-corrected chi connectivity index (χ2v) is 5.27. The normalized spacial score (nSPS) is 24.6. The lowest BCUT2D eigenvalue weighted by Gasteiger charge is -2.28. The Bertz CT molecular complexity index is 381. The van der Waals surface area contributed by atoms with Crippen molar-refractivity contribution in [1.82, 2.24) is 0 Å². The number of hydrogen-bond donors (Lipinski definition) is 2. The predicted octanol–water partition coefficient (Wildman–Crippen LogP) is 2.62. The van der Waals surface area contributed by atoms with E-state index in [1.165, 1.54) is 0 Å². The van der Waals surface area contributed by atoms with Gasteiger partial charge in [-0.15, -0.1) is 0 Å². The minimum absolute atomic E-state index is 0.0228. The molecule has 4 heteroatoms. The van der Waals surface area contributed by atoms with Crippen LogP contribution in [0.3, 0.4) is 0 Å². The van der Waals surface area contributed by atoms with Crippen molar-refractivity contribution in [1.29, 1.82) is 0 Å². The fourth-order valence-electron chi connectivity index (χ4n) is 2.14. The van der Waals surface area contributed by atoms with Crippen LogP contribution in [0, 0.1) is 0 Å². The van der Waals surface area contributed by atoms with Gasteiger partial charge >= 0.3 is 0 Å². The molecular weight excluding hydrogens is 284 g/mol. The van der Waals surface area contributed by atoms with Crippen molar-refractivity contribution in [3.8, 4) is 5.75 Å². The van der Waals surface area contributed by atoms with E-state index in [4.69, 9.17) is 9.84 Å². The molecule has 0 amide bonds. The molecule has 0 bridgehead atoms. The number of benzene rings is 1. The molecule has 2 unspecified atom stereocenters. The average Bonchev–Trinajstić information content (AvgIpc) is 2.34. The first-order chi connectivity index (χ1) is 8.20. The first-order valence-corrected chi connectivity index (χ1v) is 6.74. The standard InChI is InChI=1S/C13H17BrO3/c14-11-6-5-10(7-9(11)8-15)17-13-4-2-1-3-12(13)16/h5-7,12-13,15-16H,1-4,8H2. The molecule has 3 nitrogen and oxygen atoms in total. The molecule has 2 N–H and O–H groups in total. The minimum Gasteiger partial charge on any atom is -0.488 e. The molecule has 17 heavy (non-hydrogen) atoms. The van der Waals surface area contributed by atoms with Crippen molar-refractivity contribution in [2.24, 2.45) is 0 Å². The van der Waals surface area contributed by atoms with Gasteiger partial charge in [0.05, 0.1) is 12.7 Å². The topological polar surface area (TPSA) is 49.7 Å². The van der Waals surface area contributed by atoms with Crippen LogP contribution in [-0.2, 0) is 6.61 Å². The second-order valence-electron chi connectivity index (χ2n) is 4.42. The summed E-state index contributed by atoms with van der Waals surface area (Å²) in [4.78, 5) is 0. The van der Waals surface area contributed by atoms with Gasteiger partial charge in [-0.25, -0.2) is 0 Å². The van der Waals surface area contributed by atoms with Gasteiger partial charge in [0.25, 0.3) is 0 Å². The summed E-state index contributed by atoms with van der Waals surface area (Å²) in [6, 6.07) is 5.52. The van der Waals surface area contributed by atoms with Crippen LogP contribution in [0.4, 0.5) is 0 Å². The molecule has 94 valence electrons. The predicted molar refractivity (Wildman–Crippen MR) is 69.0 cm³/mol. The largest absolute Gasteiger partial charge is 0.488 e. The van der Waals surface area contributed by atoms with E-state index < -0.39 is 0 Å². The summed E-state index contributed by atoms with van der Waals surface area (Å²) in [6.07, 6.45) is 3.40. The van der Waals surface area contributed by atoms with E-state index in [0.717, 1.165) is 35.7 Å². The van der Waals surface area contributed by atoms with E-state index in [0.29, 0.717) is 5.75 Å². The zero-order valence-electron chi connectivity index (χ0n) is 9.60. The Morgan fingerprint density at radius 1 is 1.29 bits per heavy atom. The molecule has 1 aliphatic rings. The smallest absolute Gasteiger partial charge is 0.124 e. The second kappa shape index (κ2) is 5.85. The van der Waals surface area contributed by atoms with Crippen LogP contribution < -0.4 is 4.74 Å². The van der Waals surface area contributed by atoms with E-state index in [1.54, 1.807) is 0 Å². The molecule has 1 aromatic rings. The zero-order chi connectivity index (χ0) is 12.3. The maximum absolute atomic E-state index is 9.83. The third kappa shape index (κ3) is 3.21. The first kappa shape index (κ1) is 12.9. The van der Waals surface area contributed by atoms with Gasteiger partial charge in [-0.1, -0.05) is 22.4 Å². The highest BCUT2D eigenvalue weighted by molar-refractivity contribution is 9.10. The third-order valence-electron chi connectivity index (χ3n) is 3.14. The monoisotopic (exact) mass is 300 g/mol. The molecule has 1 aromatic carbocycles. The molecule has 1 aliphatic carbocycles. The molecule has 0 heterocycles. The Morgan fingerprint density at radius 3 is 2.76 bits per heavy atom. The van der Waals surface area contributed by atoms with Crippen molar-refractivity contribution >= 4 is 15.9 Å². The van der Waals surface area contributed by atoms with Crippen molar-refractivity contribution in [2.75, 3.05) is 0 Å². The molecule has 2 rings (SSSR count). The first-order valence-electron chi connectivity index (χ1n) is 5.94. The van der Waals surface area contributed by atoms with Crippen LogP contribution in [0.1, 0.15) is 31.2 Å². The van der Waals surface area contributed by atoms with E-state index in [9.17, 15) is 5.11 Å². The minimum atomic E-state index is -0.370. The molecule has 2 atom stereocenters. The summed E-state index contributed by atoms with van der Waals surface area (Å²) in [5, 5.41) is 19.0. The van der Waals surface area contributed by atoms with Crippen molar-refractivity contribution in [3.05, 3.63) is 28.2 Å². The Hall–Kier alpha value is -0.580. The van der Waals surface area contributed by atoms with Crippen molar-refractivity contribution < 1.29 is 14.9 Å². The van der Waals surface area contributed by atoms with Crippen molar-refractivity contribution in [2.45, 2.75) is 44.5 Å². The lowest BCUT2D eigenvalue weighted by molar-refractivity contribution is 0.00679. The quantitative estimate of drug-likeness (QED) is 0.902. The summed E-state index contributed by atoms with van der Waals surface area (Å²) >= 11 is 3.36. The number of ether oxygens (including phenoxy) is 1. The highest BCUT2D eigenvalue weighted by Crippen LogP contribution is 2.27. The van der Waals surface area contributed by atoms with Gasteiger partial charge in [-0.3, -0.25) is 0 Å². The lowest BCUT2D eigenvalue weighted by atomic mass is 9.95. The van der Waals surface area contributed by atoms with E-state index in [-0.39, 0.29) is 18.8 Å². The summed E-state index contributed by atoms with van der Waals surface area (Å²) in [5.41, 5.74) is 0.799. The number of hydrogen-bond acceptors (Lipinski definition) is 3. The van der Waals surface area contributed by atoms with Crippen LogP contribution in [-0.4, -0.2) is 22.4 Å². The summed E-state index contributed by atoms with van der Waals surface area (Å²) in [7, 11) is 0. The third-order valence-corrected chi connectivity index (χ3v) is 3.92. The molecule has 0 aromatic heterocycles. The zero-order valence-corrected chi connectivity index (χ0v) is 11.2. The van der Waals surface area contributed by atoms with Crippen LogP contribution in [0.25, 0.3) is 0 Å². The Labute approximate surface area is 110 Å². The molecule has 1 fully saturated rings. The highest BCUT2D eigenvalue weighted by Gasteiger charge is 2.24. The fourth-order valence-corrected chi connectivity index (χ4v) is 2.51. The van der Waals surface area contributed by atoms with Gasteiger partial charge in [0.2, 0.25) is 0 Å². The number of halogens is 1. The summed E-state index contributed by atoms with van der Waals surface area (Å²) < 4.78 is 6.65. The van der Waals surface area contributed by atoms with Crippen LogP contribution in [0.15, 0.2) is 22.7 Å². The summed E-state index contributed by atoms with van der Waals surface area (Å²) in [6.45, 7) is -0.0228. The average molecular weight is 301 g/mol. The van der Waals surface area contributed by atoms with Gasteiger partial charge in [0.1, 0.15) is 11.9 Å². The van der Waals surface area contributed by atoms with E-state index in [2.05, 4.69) is 15.9 Å². The van der Waals surface area contributed by atoms with Crippen LogP contribution >= 0.6 is 15.9 Å². The Kier molecular flexibility index (Phi) is 4.42. The molecule has 0 radical (unpaired) electrons. The molecule has 0 spiro atoms. The number of aliphatic hydroxyl groups is 2. The van der Waals surface area contributed by atoms with Gasteiger partial charge in [-0.05, 0) is 43.0 Å². The molecule has 0 aliphatic heterocycles. The van der Waals surface area contributed by atoms with Crippen molar-refractivity contribution in [3.63, 3.8) is 0 Å². The number of aliphatic hydroxyl groups excluding tert-OH is 2. The lowest BCUT2D eigenvalue weighted by Crippen LogP contribution is -2.34. The van der Waals surface area contributed by atoms with E-state index >= 15 is 0 Å². The fraction of sp³-hybridized carbons (Fsp3) is 0.538. The van der Waals surface area contributed by atoms with Gasteiger partial charge in [0, 0.05) is 4.47 Å². The maximum atomic E-state index is 9.83. The SMILES string of the molecule is OCc1cc(OC2CCCCC2O)ccc1Br. The number of rotatable bonds is 3. The van der Waals surface area contributed by atoms with Crippen LogP contribution in [0.5, 0.6) is 5.75 Å². The van der Waals surface area contributed by atoms with Crippen LogP contribution in [0.2, 0.25) is 0 Å². The highest BCUT2D eigenvalue weighted by atomic mass is 79.9. The van der Waals surface area contributed by atoms with E-state index in [1.807, 2.05) is 18.2 Å². The summed E-state index contributed by atoms with van der Waals surface area (Å²) in [5.74, 6) is 0.711. The van der Waals surface area contributed by atoms with Gasteiger partial charge in [0.15, 0.2) is 0 Å². The maximum Gasteiger partial charge on any atom is 0.124 e. The Balaban J connectivity index is 2.07. The molecular formula is C13H17BrO3. The molecule has 0 saturated heterocycles.